The van der Waals surface area contributed by atoms with Gasteiger partial charge in [0.1, 0.15) is 11.3 Å². The molecule has 7 nitrogen and oxygen atoms in total. The summed E-state index contributed by atoms with van der Waals surface area (Å²) in [7, 11) is 1.55. The smallest absolute Gasteiger partial charge is 0.277 e. The van der Waals surface area contributed by atoms with Gasteiger partial charge < -0.3 is 14.7 Å². The molecular weight excluding hydrogens is 336 g/mol. The van der Waals surface area contributed by atoms with Crippen molar-refractivity contribution in [1.82, 2.24) is 19.9 Å². The predicted octanol–water partition coefficient (Wildman–Crippen LogP) is 2.29. The number of carbonyl (C=O) groups excluding carboxylic acids is 1. The highest BCUT2D eigenvalue weighted by Gasteiger charge is 2.11. The second kappa shape index (κ2) is 6.39. The average Bonchev–Trinajstić information content (AvgIpc) is 2.96. The fraction of sp³-hybridized carbons (Fsp3) is 0.143. The zero-order valence-corrected chi connectivity index (χ0v) is 13.6. The molecule has 0 radical (unpaired) electrons. The number of rotatable bonds is 5. The van der Waals surface area contributed by atoms with Crippen molar-refractivity contribution in [2.24, 2.45) is 0 Å². The summed E-state index contributed by atoms with van der Waals surface area (Å²) in [6.07, 6.45) is 0. The van der Waals surface area contributed by atoms with Gasteiger partial charge in [0.2, 0.25) is 0 Å². The number of methoxy groups -OCH3 is 1. The van der Waals surface area contributed by atoms with E-state index in [2.05, 4.69) is 19.9 Å². The van der Waals surface area contributed by atoms with Gasteiger partial charge in [-0.3, -0.25) is 14.6 Å². The molecule has 3 N–H and O–H groups in total. The van der Waals surface area contributed by atoms with Crippen LogP contribution in [0.4, 0.5) is 0 Å². The standard InChI is InChI=1S/C14H12N4O3S2/c1-21-8-4-2-3-7(5-8)9(19)6-23-14-15-10-11(17-14)16-13(22)18-12(10)20/h2-5H,6H2,1H3,(H3,15,16,17,18,20,22). The van der Waals surface area contributed by atoms with Gasteiger partial charge in [-0.05, 0) is 24.4 Å². The van der Waals surface area contributed by atoms with Crippen molar-refractivity contribution in [3.05, 3.63) is 45.0 Å². The number of H-pyrrole nitrogens is 3. The number of carbonyl (C=O) groups is 1. The number of nitrogens with zero attached hydrogens (tertiary/aromatic N) is 1. The fourth-order valence-electron chi connectivity index (χ4n) is 1.99. The summed E-state index contributed by atoms with van der Waals surface area (Å²) >= 11 is 6.11. The third kappa shape index (κ3) is 3.35. The molecule has 23 heavy (non-hydrogen) atoms. The number of ketones is 1. The van der Waals surface area contributed by atoms with Gasteiger partial charge in [-0.2, -0.15) is 0 Å². The number of hydrogen-bond donors (Lipinski definition) is 3. The lowest BCUT2D eigenvalue weighted by molar-refractivity contribution is 0.102. The van der Waals surface area contributed by atoms with Gasteiger partial charge in [0.15, 0.2) is 21.4 Å². The van der Waals surface area contributed by atoms with E-state index >= 15 is 0 Å². The maximum Gasteiger partial charge on any atom is 0.277 e. The van der Waals surface area contributed by atoms with Crippen LogP contribution >= 0.6 is 24.0 Å². The first-order valence-corrected chi connectivity index (χ1v) is 7.98. The van der Waals surface area contributed by atoms with E-state index in [0.717, 1.165) is 0 Å². The molecule has 0 aliphatic carbocycles. The van der Waals surface area contributed by atoms with E-state index in [0.29, 0.717) is 27.6 Å². The van der Waals surface area contributed by atoms with Crippen LogP contribution in [0.25, 0.3) is 11.2 Å². The summed E-state index contributed by atoms with van der Waals surface area (Å²) < 4.78 is 5.31. The molecule has 0 fully saturated rings. The number of aromatic amines is 3. The van der Waals surface area contributed by atoms with E-state index in [1.54, 1.807) is 31.4 Å². The Morgan fingerprint density at radius 1 is 1.35 bits per heavy atom. The van der Waals surface area contributed by atoms with Crippen LogP contribution in [0.2, 0.25) is 0 Å². The van der Waals surface area contributed by atoms with Crippen molar-refractivity contribution in [1.29, 1.82) is 0 Å². The molecule has 1 aromatic carbocycles. The van der Waals surface area contributed by atoms with Crippen LogP contribution in [-0.2, 0) is 0 Å². The van der Waals surface area contributed by atoms with Gasteiger partial charge in [0.05, 0.1) is 12.9 Å². The van der Waals surface area contributed by atoms with E-state index in [9.17, 15) is 9.59 Å². The van der Waals surface area contributed by atoms with Crippen LogP contribution in [0.3, 0.4) is 0 Å². The van der Waals surface area contributed by atoms with E-state index < -0.39 is 0 Å². The molecule has 0 saturated heterocycles. The Hall–Kier alpha value is -2.39. The zero-order chi connectivity index (χ0) is 16.4. The Kier molecular flexibility index (Phi) is 4.30. The molecule has 0 saturated carbocycles. The maximum atomic E-state index is 12.2. The molecule has 0 atom stereocenters. The van der Waals surface area contributed by atoms with E-state index in [-0.39, 0.29) is 21.9 Å². The lowest BCUT2D eigenvalue weighted by Crippen LogP contribution is -2.07. The van der Waals surface area contributed by atoms with E-state index in [4.69, 9.17) is 17.0 Å². The van der Waals surface area contributed by atoms with Gasteiger partial charge in [-0.15, -0.1) is 0 Å². The quantitative estimate of drug-likeness (QED) is 0.371. The third-order valence-electron chi connectivity index (χ3n) is 3.10. The second-order valence-corrected chi connectivity index (χ2v) is 5.99. The summed E-state index contributed by atoms with van der Waals surface area (Å²) in [5.41, 5.74) is 0.887. The lowest BCUT2D eigenvalue weighted by atomic mass is 10.1. The summed E-state index contributed by atoms with van der Waals surface area (Å²) in [6.45, 7) is 0. The first-order valence-electron chi connectivity index (χ1n) is 6.59. The molecule has 9 heteroatoms. The molecule has 118 valence electrons. The molecular formula is C14H12N4O3S2. The number of aromatic nitrogens is 4. The van der Waals surface area contributed by atoms with Crippen molar-refractivity contribution in [2.45, 2.75) is 5.16 Å². The van der Waals surface area contributed by atoms with Gasteiger partial charge in [-0.25, -0.2) is 4.98 Å². The molecule has 0 amide bonds. The molecule has 0 bridgehead atoms. The Bertz CT molecular complexity index is 989. The van der Waals surface area contributed by atoms with Crippen molar-refractivity contribution >= 4 is 40.9 Å². The molecule has 3 aromatic rings. The first-order chi connectivity index (χ1) is 11.1. The molecule has 0 aliphatic heterocycles. The molecule has 3 rings (SSSR count). The van der Waals surface area contributed by atoms with E-state index in [1.165, 1.54) is 11.8 Å². The SMILES string of the molecule is COc1cccc(C(=O)CSc2nc3[nH]c(=S)[nH]c(=O)c3[nH]2)c1. The Labute approximate surface area is 139 Å². The van der Waals surface area contributed by atoms with Crippen LogP contribution in [0.5, 0.6) is 5.75 Å². The Balaban J connectivity index is 1.77. The van der Waals surface area contributed by atoms with Crippen molar-refractivity contribution in [3.8, 4) is 5.75 Å². The number of imidazole rings is 1. The van der Waals surface area contributed by atoms with Crippen molar-refractivity contribution in [2.75, 3.05) is 12.9 Å². The van der Waals surface area contributed by atoms with Crippen LogP contribution in [0.1, 0.15) is 10.4 Å². The number of Topliss-reactive ketones (excluding diaryl/α,β-unsaturated/α-hetero) is 1. The summed E-state index contributed by atoms with van der Waals surface area (Å²) in [5.74, 6) is 0.755. The lowest BCUT2D eigenvalue weighted by Gasteiger charge is -2.02. The van der Waals surface area contributed by atoms with Gasteiger partial charge >= 0.3 is 0 Å². The van der Waals surface area contributed by atoms with Gasteiger partial charge in [0, 0.05) is 5.56 Å². The minimum atomic E-state index is -0.345. The highest BCUT2D eigenvalue weighted by atomic mass is 32.2. The third-order valence-corrected chi connectivity index (χ3v) is 4.18. The number of nitrogens with one attached hydrogen (secondary N) is 3. The number of hydrogen-bond acceptors (Lipinski definition) is 6. The summed E-state index contributed by atoms with van der Waals surface area (Å²) in [6, 6.07) is 6.95. The summed E-state index contributed by atoms with van der Waals surface area (Å²) in [5, 5.41) is 0.471. The van der Waals surface area contributed by atoms with Crippen LogP contribution in [-0.4, -0.2) is 38.6 Å². The maximum absolute atomic E-state index is 12.2. The Morgan fingerprint density at radius 3 is 2.96 bits per heavy atom. The Morgan fingerprint density at radius 2 is 2.17 bits per heavy atom. The highest BCUT2D eigenvalue weighted by molar-refractivity contribution is 7.99. The molecule has 2 heterocycles. The minimum absolute atomic E-state index is 0.0591. The monoisotopic (exact) mass is 348 g/mol. The molecule has 0 spiro atoms. The average molecular weight is 348 g/mol. The van der Waals surface area contributed by atoms with Crippen molar-refractivity contribution in [3.63, 3.8) is 0 Å². The molecule has 0 aliphatic rings. The number of fused-ring (bicyclic) bond motifs is 1. The predicted molar refractivity (Wildman–Crippen MR) is 89.9 cm³/mol. The minimum Gasteiger partial charge on any atom is -0.497 e. The van der Waals surface area contributed by atoms with Gasteiger partial charge in [-0.1, -0.05) is 23.9 Å². The number of benzene rings is 1. The van der Waals surface area contributed by atoms with Gasteiger partial charge in [0.25, 0.3) is 5.56 Å². The van der Waals surface area contributed by atoms with Crippen LogP contribution < -0.4 is 10.3 Å². The largest absolute Gasteiger partial charge is 0.497 e. The van der Waals surface area contributed by atoms with E-state index in [1.807, 2.05) is 0 Å². The van der Waals surface area contributed by atoms with Crippen molar-refractivity contribution < 1.29 is 9.53 Å². The first kappa shape index (κ1) is 15.5. The van der Waals surface area contributed by atoms with Crippen LogP contribution in [0, 0.1) is 4.77 Å². The number of ether oxygens (including phenoxy) is 1. The summed E-state index contributed by atoms with van der Waals surface area (Å²) in [4.78, 5) is 36.3. The normalized spacial score (nSPS) is 10.8. The molecule has 2 aromatic heterocycles. The zero-order valence-electron chi connectivity index (χ0n) is 12.0. The van der Waals surface area contributed by atoms with Crippen LogP contribution in [0.15, 0.2) is 34.2 Å². The highest BCUT2D eigenvalue weighted by Crippen LogP contribution is 2.19. The fourth-order valence-corrected chi connectivity index (χ4v) is 2.95. The molecule has 0 unspecified atom stereocenters. The number of thioether (sulfide) groups is 1. The second-order valence-electron chi connectivity index (χ2n) is 4.62. The topological polar surface area (TPSA) is 104 Å².